The second kappa shape index (κ2) is 13.2. The number of carbonyl (C=O) groups is 2. The number of hydrogen-bond donors (Lipinski definition) is 2. The first kappa shape index (κ1) is 29.5. The van der Waals surface area contributed by atoms with Crippen molar-refractivity contribution in [2.45, 2.75) is 74.7 Å². The average molecular weight is 585 g/mol. The number of oxazole rings is 1. The molecule has 212 valence electrons. The van der Waals surface area contributed by atoms with Crippen molar-refractivity contribution in [1.29, 1.82) is 0 Å². The van der Waals surface area contributed by atoms with E-state index in [-0.39, 0.29) is 28.9 Å². The van der Waals surface area contributed by atoms with Gasteiger partial charge in [-0.1, -0.05) is 57.1 Å². The van der Waals surface area contributed by atoms with Gasteiger partial charge in [0.05, 0.1) is 28.6 Å². The van der Waals surface area contributed by atoms with Gasteiger partial charge in [0.25, 0.3) is 0 Å². The first-order chi connectivity index (χ1) is 19.1. The number of nitrogens with zero attached hydrogens (tertiary/aromatic N) is 4. The molecule has 0 aliphatic rings. The number of nitrogen functional groups attached to an aromatic ring is 1. The van der Waals surface area contributed by atoms with Crippen molar-refractivity contribution in [3.05, 3.63) is 60.3 Å². The summed E-state index contributed by atoms with van der Waals surface area (Å²) in [6, 6.07) is 5.88. The predicted molar refractivity (Wildman–Crippen MR) is 156 cm³/mol. The Hall–Kier alpha value is -3.51. The fourth-order valence-electron chi connectivity index (χ4n) is 3.85. The number of aromatic nitrogens is 4. The molecule has 4 rings (SSSR count). The number of nitrogens with two attached hydrogens (primary N) is 1. The molecule has 0 aliphatic heterocycles. The second-order valence-electron chi connectivity index (χ2n) is 10.4. The molecule has 9 nitrogen and oxygen atoms in total. The van der Waals surface area contributed by atoms with Crippen LogP contribution >= 0.6 is 23.1 Å². The Kier molecular flexibility index (Phi) is 9.75. The minimum absolute atomic E-state index is 0.0814. The van der Waals surface area contributed by atoms with Crippen molar-refractivity contribution in [3.8, 4) is 11.1 Å². The number of benzene rings is 1. The third kappa shape index (κ3) is 8.01. The molecule has 1 amide bonds. The third-order valence-corrected chi connectivity index (χ3v) is 8.20. The number of unbranched alkanes of at least 4 members (excludes halogenated alkanes) is 3. The molecule has 40 heavy (non-hydrogen) atoms. The highest BCUT2D eigenvalue weighted by Gasteiger charge is 2.19. The smallest absolute Gasteiger partial charge is 0.248 e. The highest BCUT2D eigenvalue weighted by molar-refractivity contribution is 8.00. The van der Waals surface area contributed by atoms with E-state index in [0.717, 1.165) is 22.8 Å². The largest absolute Gasteiger partial charge is 0.444 e. The van der Waals surface area contributed by atoms with E-state index in [1.54, 1.807) is 36.3 Å². The maximum absolute atomic E-state index is 13.2. The SMILES string of the molecule is CC(C)(C)c1cnc(CSc2cnc(NC(=O)CCCCCCC(=O)n3ncc(-c4ccc(F)cc4)c3N)s2)o1. The molecule has 0 saturated heterocycles. The topological polar surface area (TPSA) is 129 Å². The first-order valence-corrected chi connectivity index (χ1v) is 14.9. The van der Waals surface area contributed by atoms with Crippen LogP contribution in [-0.4, -0.2) is 31.6 Å². The van der Waals surface area contributed by atoms with E-state index in [2.05, 4.69) is 41.2 Å². The van der Waals surface area contributed by atoms with Crippen molar-refractivity contribution in [2.24, 2.45) is 0 Å². The summed E-state index contributed by atoms with van der Waals surface area (Å²) in [5.74, 6) is 1.73. The van der Waals surface area contributed by atoms with E-state index in [4.69, 9.17) is 10.2 Å². The molecule has 4 aromatic rings. The van der Waals surface area contributed by atoms with Gasteiger partial charge in [0, 0.05) is 23.8 Å². The molecule has 3 heterocycles. The lowest BCUT2D eigenvalue weighted by Gasteiger charge is -2.12. The number of amides is 1. The summed E-state index contributed by atoms with van der Waals surface area (Å²) in [5, 5.41) is 7.54. The maximum atomic E-state index is 13.2. The number of halogens is 1. The van der Waals surface area contributed by atoms with Crippen molar-refractivity contribution in [2.75, 3.05) is 11.1 Å². The monoisotopic (exact) mass is 584 g/mol. The maximum Gasteiger partial charge on any atom is 0.248 e. The molecule has 0 aliphatic carbocycles. The minimum Gasteiger partial charge on any atom is -0.444 e. The standard InChI is InChI=1S/C28H33FN6O3S2/c1-28(2,3)21-15-31-23(38-21)17-39-25-16-32-27(40-25)34-22(36)8-6-4-5-7-9-24(37)35-26(30)20(14-33-35)18-10-12-19(29)13-11-18/h10-16H,4-9,17,30H2,1-3H3,(H,32,34,36). The molecule has 0 atom stereocenters. The summed E-state index contributed by atoms with van der Waals surface area (Å²) in [4.78, 5) is 33.5. The Morgan fingerprint density at radius 3 is 2.48 bits per heavy atom. The summed E-state index contributed by atoms with van der Waals surface area (Å²) in [6.07, 6.45) is 8.72. The van der Waals surface area contributed by atoms with Gasteiger partial charge in [0.15, 0.2) is 5.13 Å². The van der Waals surface area contributed by atoms with Crippen molar-refractivity contribution < 1.29 is 18.4 Å². The van der Waals surface area contributed by atoms with Crippen LogP contribution in [0.1, 0.15) is 75.7 Å². The number of rotatable bonds is 12. The fraction of sp³-hybridized carbons (Fsp3) is 0.393. The molecule has 0 saturated carbocycles. The molecular weight excluding hydrogens is 551 g/mol. The molecule has 0 spiro atoms. The zero-order valence-electron chi connectivity index (χ0n) is 22.8. The molecule has 0 radical (unpaired) electrons. The number of nitrogens with one attached hydrogen (secondary N) is 1. The summed E-state index contributed by atoms with van der Waals surface area (Å²) >= 11 is 2.99. The Morgan fingerprint density at radius 2 is 1.77 bits per heavy atom. The van der Waals surface area contributed by atoms with Crippen LogP contribution in [0.4, 0.5) is 15.3 Å². The van der Waals surface area contributed by atoms with E-state index in [1.807, 2.05) is 0 Å². The average Bonchev–Trinajstić information content (AvgIpc) is 3.65. The Balaban J connectivity index is 1.11. The van der Waals surface area contributed by atoms with Crippen LogP contribution in [0.25, 0.3) is 11.1 Å². The second-order valence-corrected chi connectivity index (χ2v) is 12.7. The van der Waals surface area contributed by atoms with Gasteiger partial charge in [0.2, 0.25) is 17.7 Å². The Labute approximate surface area is 240 Å². The number of carbonyl (C=O) groups excluding carboxylic acids is 2. The molecule has 3 aromatic heterocycles. The van der Waals surface area contributed by atoms with Crippen molar-refractivity contribution >= 4 is 45.9 Å². The number of anilines is 2. The van der Waals surface area contributed by atoms with Gasteiger partial charge in [-0.2, -0.15) is 9.78 Å². The summed E-state index contributed by atoms with van der Waals surface area (Å²) in [6.45, 7) is 6.24. The predicted octanol–water partition coefficient (Wildman–Crippen LogP) is 6.93. The van der Waals surface area contributed by atoms with Crippen molar-refractivity contribution in [3.63, 3.8) is 0 Å². The van der Waals surface area contributed by atoms with E-state index in [1.165, 1.54) is 34.3 Å². The van der Waals surface area contributed by atoms with Crippen molar-refractivity contribution in [1.82, 2.24) is 19.7 Å². The highest BCUT2D eigenvalue weighted by Crippen LogP contribution is 2.32. The molecule has 3 N–H and O–H groups in total. The summed E-state index contributed by atoms with van der Waals surface area (Å²) in [5.41, 5.74) is 7.32. The lowest BCUT2D eigenvalue weighted by molar-refractivity contribution is -0.116. The van der Waals surface area contributed by atoms with E-state index < -0.39 is 0 Å². The fourth-order valence-corrected chi connectivity index (χ4v) is 5.59. The van der Waals surface area contributed by atoms with Gasteiger partial charge in [-0.25, -0.2) is 14.4 Å². The van der Waals surface area contributed by atoms with Gasteiger partial charge in [-0.05, 0) is 30.5 Å². The Bertz CT molecular complexity index is 1440. The van der Waals surface area contributed by atoms with Gasteiger partial charge in [0.1, 0.15) is 17.4 Å². The van der Waals surface area contributed by atoms with Crippen LogP contribution in [-0.2, 0) is 16.0 Å². The number of thiazole rings is 1. The molecule has 0 bridgehead atoms. The van der Waals surface area contributed by atoms with Crippen LogP contribution in [0, 0.1) is 5.82 Å². The van der Waals surface area contributed by atoms with Crippen LogP contribution in [0.3, 0.4) is 0 Å². The van der Waals surface area contributed by atoms with Crippen LogP contribution in [0.5, 0.6) is 0 Å². The van der Waals surface area contributed by atoms with Crippen LogP contribution in [0.15, 0.2) is 51.5 Å². The number of thioether (sulfide) groups is 1. The van der Waals surface area contributed by atoms with E-state index in [0.29, 0.717) is 53.6 Å². The van der Waals surface area contributed by atoms with Crippen LogP contribution < -0.4 is 11.1 Å². The van der Waals surface area contributed by atoms with Gasteiger partial charge in [-0.3, -0.25) is 9.59 Å². The van der Waals surface area contributed by atoms with E-state index >= 15 is 0 Å². The molecule has 0 fully saturated rings. The van der Waals surface area contributed by atoms with Crippen LogP contribution in [0.2, 0.25) is 0 Å². The Morgan fingerprint density at radius 1 is 1.05 bits per heavy atom. The lowest BCUT2D eigenvalue weighted by Crippen LogP contribution is -2.15. The zero-order valence-corrected chi connectivity index (χ0v) is 24.4. The highest BCUT2D eigenvalue weighted by atomic mass is 32.2. The minimum atomic E-state index is -0.343. The third-order valence-electron chi connectivity index (χ3n) is 6.10. The van der Waals surface area contributed by atoms with Gasteiger partial charge >= 0.3 is 0 Å². The summed E-state index contributed by atoms with van der Waals surface area (Å²) in [7, 11) is 0. The number of hydrogen-bond acceptors (Lipinski definition) is 9. The van der Waals surface area contributed by atoms with Gasteiger partial charge in [-0.15, -0.1) is 11.8 Å². The summed E-state index contributed by atoms with van der Waals surface area (Å²) < 4.78 is 21.2. The molecule has 12 heteroatoms. The molecule has 1 aromatic carbocycles. The molecular formula is C28H33FN6O3S2. The van der Waals surface area contributed by atoms with E-state index in [9.17, 15) is 14.0 Å². The van der Waals surface area contributed by atoms with Gasteiger partial charge < -0.3 is 15.5 Å². The normalized spacial score (nSPS) is 11.6. The lowest BCUT2D eigenvalue weighted by atomic mass is 9.94. The molecule has 0 unspecified atom stereocenters. The first-order valence-electron chi connectivity index (χ1n) is 13.1. The zero-order chi connectivity index (χ0) is 28.7. The quantitative estimate of drug-likeness (QED) is 0.136.